The second kappa shape index (κ2) is 5.21. The Morgan fingerprint density at radius 3 is 2.19 bits per heavy atom. The van der Waals surface area contributed by atoms with Gasteiger partial charge in [-0.1, -0.05) is 0 Å². The molecule has 1 aliphatic rings. The molecule has 0 bridgehead atoms. The lowest BCUT2D eigenvalue weighted by Gasteiger charge is -2.35. The Morgan fingerprint density at radius 2 is 1.69 bits per heavy atom. The molecule has 0 aromatic heterocycles. The fourth-order valence-electron chi connectivity index (χ4n) is 2.03. The van der Waals surface area contributed by atoms with E-state index in [4.69, 9.17) is 4.74 Å². The average Bonchev–Trinajstić information content (AvgIpc) is 2.39. The van der Waals surface area contributed by atoms with Gasteiger partial charge in [-0.15, -0.1) is 0 Å². The van der Waals surface area contributed by atoms with Gasteiger partial charge in [0.05, 0.1) is 7.11 Å². The van der Waals surface area contributed by atoms with Crippen molar-refractivity contribution in [2.45, 2.75) is 6.92 Å². The molecule has 1 aromatic carbocycles. The van der Waals surface area contributed by atoms with Crippen LogP contribution in [0.4, 0.5) is 5.69 Å². The Balaban J connectivity index is 1.97. The third-order valence-corrected chi connectivity index (χ3v) is 3.12. The molecule has 1 fully saturated rings. The van der Waals surface area contributed by atoms with E-state index < -0.39 is 0 Å². The van der Waals surface area contributed by atoms with Gasteiger partial charge in [-0.05, 0) is 31.2 Å². The van der Waals surface area contributed by atoms with Gasteiger partial charge in [0, 0.05) is 38.4 Å². The predicted molar refractivity (Wildman–Crippen MR) is 66.8 cm³/mol. The van der Waals surface area contributed by atoms with Gasteiger partial charge < -0.3 is 9.64 Å². The van der Waals surface area contributed by atoms with Crippen molar-refractivity contribution >= 4 is 5.69 Å². The van der Waals surface area contributed by atoms with Gasteiger partial charge in [0.15, 0.2) is 0 Å². The minimum atomic E-state index is 0.921. The second-order valence-electron chi connectivity index (χ2n) is 3.98. The molecule has 0 atom stereocenters. The van der Waals surface area contributed by atoms with Crippen LogP contribution in [-0.2, 0) is 0 Å². The zero-order chi connectivity index (χ0) is 11.4. The van der Waals surface area contributed by atoms with E-state index in [1.165, 1.54) is 5.69 Å². The summed E-state index contributed by atoms with van der Waals surface area (Å²) in [6.45, 7) is 8.69. The molecule has 1 radical (unpaired) electrons. The van der Waals surface area contributed by atoms with E-state index in [2.05, 4.69) is 35.4 Å². The number of piperazine rings is 1. The molecule has 1 saturated heterocycles. The van der Waals surface area contributed by atoms with Crippen molar-refractivity contribution in [3.63, 3.8) is 0 Å². The number of hydrogen-bond acceptors (Lipinski definition) is 3. The average molecular weight is 219 g/mol. The lowest BCUT2D eigenvalue weighted by molar-refractivity contribution is 0.315. The maximum absolute atomic E-state index is 5.16. The van der Waals surface area contributed by atoms with Crippen LogP contribution < -0.4 is 9.64 Å². The molecule has 0 spiro atoms. The van der Waals surface area contributed by atoms with Crippen molar-refractivity contribution in [2.75, 3.05) is 38.2 Å². The molecule has 16 heavy (non-hydrogen) atoms. The summed E-state index contributed by atoms with van der Waals surface area (Å²) in [6, 6.07) is 8.30. The van der Waals surface area contributed by atoms with Gasteiger partial charge in [0.2, 0.25) is 0 Å². The minimum absolute atomic E-state index is 0.921. The summed E-state index contributed by atoms with van der Waals surface area (Å²) >= 11 is 0. The van der Waals surface area contributed by atoms with Crippen molar-refractivity contribution in [2.24, 2.45) is 0 Å². The molecule has 0 saturated carbocycles. The van der Waals surface area contributed by atoms with Gasteiger partial charge in [0.1, 0.15) is 5.75 Å². The first-order valence-electron chi connectivity index (χ1n) is 5.76. The fraction of sp³-hybridized carbons (Fsp3) is 0.462. The molecule has 0 aliphatic carbocycles. The minimum Gasteiger partial charge on any atom is -0.497 e. The smallest absolute Gasteiger partial charge is 0.119 e. The van der Waals surface area contributed by atoms with Crippen molar-refractivity contribution in [1.29, 1.82) is 0 Å². The number of nitrogens with zero attached hydrogens (tertiary/aromatic N) is 2. The topological polar surface area (TPSA) is 15.7 Å². The standard InChI is InChI=1S/C13H19N2O/c1-3-14-8-10-15(11-9-14)12-4-6-13(16-2)7-5-12/h3-7H,8-11H2,1-2H3. The third kappa shape index (κ3) is 2.47. The summed E-state index contributed by atoms with van der Waals surface area (Å²) in [4.78, 5) is 4.78. The van der Waals surface area contributed by atoms with E-state index in [1.54, 1.807) is 7.11 Å². The highest BCUT2D eigenvalue weighted by Gasteiger charge is 2.15. The van der Waals surface area contributed by atoms with Crippen LogP contribution in [0.2, 0.25) is 0 Å². The Bertz CT molecular complexity index is 315. The normalized spacial score (nSPS) is 17.5. The van der Waals surface area contributed by atoms with Crippen LogP contribution >= 0.6 is 0 Å². The lowest BCUT2D eigenvalue weighted by atomic mass is 10.2. The van der Waals surface area contributed by atoms with Gasteiger partial charge in [-0.2, -0.15) is 0 Å². The number of ether oxygens (including phenoxy) is 1. The lowest BCUT2D eigenvalue weighted by Crippen LogP contribution is -2.44. The molecule has 3 nitrogen and oxygen atoms in total. The van der Waals surface area contributed by atoms with E-state index in [1.807, 2.05) is 12.1 Å². The summed E-state index contributed by atoms with van der Waals surface area (Å²) in [6.07, 6.45) is 0. The van der Waals surface area contributed by atoms with E-state index in [9.17, 15) is 0 Å². The molecule has 1 aromatic rings. The molecular weight excluding hydrogens is 200 g/mol. The number of hydrogen-bond donors (Lipinski definition) is 0. The van der Waals surface area contributed by atoms with Crippen LogP contribution in [0.25, 0.3) is 0 Å². The maximum Gasteiger partial charge on any atom is 0.119 e. The fourth-order valence-corrected chi connectivity index (χ4v) is 2.03. The highest BCUT2D eigenvalue weighted by atomic mass is 16.5. The van der Waals surface area contributed by atoms with Crippen LogP contribution in [0, 0.1) is 6.54 Å². The van der Waals surface area contributed by atoms with Crippen molar-refractivity contribution in [3.05, 3.63) is 30.8 Å². The second-order valence-corrected chi connectivity index (χ2v) is 3.98. The summed E-state index contributed by atoms with van der Waals surface area (Å²) in [7, 11) is 1.70. The van der Waals surface area contributed by atoms with E-state index in [-0.39, 0.29) is 0 Å². The molecule has 2 rings (SSSR count). The van der Waals surface area contributed by atoms with Crippen LogP contribution in [-0.4, -0.2) is 38.2 Å². The third-order valence-electron chi connectivity index (χ3n) is 3.12. The van der Waals surface area contributed by atoms with Crippen LogP contribution in [0.1, 0.15) is 6.92 Å². The quantitative estimate of drug-likeness (QED) is 0.773. The summed E-state index contributed by atoms with van der Waals surface area (Å²) in [5.74, 6) is 0.921. The molecule has 3 heteroatoms. The van der Waals surface area contributed by atoms with Gasteiger partial charge in [0.25, 0.3) is 0 Å². The predicted octanol–water partition coefficient (Wildman–Crippen LogP) is 2.00. The number of rotatable bonds is 3. The largest absolute Gasteiger partial charge is 0.497 e. The molecular formula is C13H19N2O. The highest BCUT2D eigenvalue weighted by molar-refractivity contribution is 5.49. The summed E-state index contributed by atoms with van der Waals surface area (Å²) in [5.41, 5.74) is 1.29. The zero-order valence-electron chi connectivity index (χ0n) is 10.0. The van der Waals surface area contributed by atoms with Crippen molar-refractivity contribution in [3.8, 4) is 5.75 Å². The molecule has 1 heterocycles. The SMILES string of the molecule is C[CH]N1CCN(c2ccc(OC)cc2)CC1. The molecule has 87 valence electrons. The number of anilines is 1. The van der Waals surface area contributed by atoms with E-state index >= 15 is 0 Å². The zero-order valence-corrected chi connectivity index (χ0v) is 10.0. The molecule has 0 amide bonds. The van der Waals surface area contributed by atoms with E-state index in [0.29, 0.717) is 0 Å². The van der Waals surface area contributed by atoms with Gasteiger partial charge >= 0.3 is 0 Å². The van der Waals surface area contributed by atoms with Crippen LogP contribution in [0.3, 0.4) is 0 Å². The summed E-state index contributed by atoms with van der Waals surface area (Å²) < 4.78 is 5.16. The van der Waals surface area contributed by atoms with Crippen LogP contribution in [0.15, 0.2) is 24.3 Å². The number of benzene rings is 1. The van der Waals surface area contributed by atoms with Crippen molar-refractivity contribution < 1.29 is 4.74 Å². The maximum atomic E-state index is 5.16. The highest BCUT2D eigenvalue weighted by Crippen LogP contribution is 2.20. The van der Waals surface area contributed by atoms with E-state index in [0.717, 1.165) is 31.9 Å². The Morgan fingerprint density at radius 1 is 1.06 bits per heavy atom. The van der Waals surface area contributed by atoms with Crippen molar-refractivity contribution in [1.82, 2.24) is 4.90 Å². The Labute approximate surface area is 97.6 Å². The van der Waals surface area contributed by atoms with Gasteiger partial charge in [-0.25, -0.2) is 0 Å². The first-order valence-corrected chi connectivity index (χ1v) is 5.76. The Kier molecular flexibility index (Phi) is 3.67. The monoisotopic (exact) mass is 219 g/mol. The number of methoxy groups -OCH3 is 1. The first-order chi connectivity index (χ1) is 7.83. The Hall–Kier alpha value is -1.22. The van der Waals surface area contributed by atoms with Crippen LogP contribution in [0.5, 0.6) is 5.75 Å². The summed E-state index contributed by atoms with van der Waals surface area (Å²) in [5, 5.41) is 0. The van der Waals surface area contributed by atoms with Gasteiger partial charge in [-0.3, -0.25) is 4.90 Å². The molecule has 1 aliphatic heterocycles. The molecule has 0 unspecified atom stereocenters. The first kappa shape index (κ1) is 11.3. The molecule has 0 N–H and O–H groups in total.